The number of benzene rings is 1. The van der Waals surface area contributed by atoms with Crippen molar-refractivity contribution in [2.24, 2.45) is 5.92 Å². The lowest BCUT2D eigenvalue weighted by Gasteiger charge is -2.23. The second kappa shape index (κ2) is 7.02. The molecule has 0 aromatic heterocycles. The Balaban J connectivity index is 2.79. The quantitative estimate of drug-likeness (QED) is 0.823. The normalized spacial score (nSPS) is 12.0. The van der Waals surface area contributed by atoms with Crippen molar-refractivity contribution in [3.63, 3.8) is 0 Å². The van der Waals surface area contributed by atoms with Gasteiger partial charge >= 0.3 is 5.97 Å². The summed E-state index contributed by atoms with van der Waals surface area (Å²) in [5, 5.41) is 8.91. The van der Waals surface area contributed by atoms with Crippen LogP contribution in [0, 0.1) is 5.92 Å². The zero-order valence-electron chi connectivity index (χ0n) is 12.1. The van der Waals surface area contributed by atoms with Gasteiger partial charge in [-0.15, -0.1) is 0 Å². The molecule has 0 spiro atoms. The summed E-state index contributed by atoms with van der Waals surface area (Å²) in [5.74, 6) is -0.256. The Morgan fingerprint density at radius 3 is 2.68 bits per heavy atom. The number of aryl methyl sites for hydroxylation is 1. The van der Waals surface area contributed by atoms with E-state index < -0.39 is 5.97 Å². The number of ether oxygens (including phenoxy) is 1. The molecule has 0 bridgehead atoms. The van der Waals surface area contributed by atoms with Gasteiger partial charge in [0.1, 0.15) is 5.75 Å². The Hall–Kier alpha value is -1.71. The van der Waals surface area contributed by atoms with E-state index in [0.29, 0.717) is 13.0 Å². The Kier molecular flexibility index (Phi) is 5.67. The molecular formula is C15H23NO3. The Labute approximate surface area is 115 Å². The fourth-order valence-corrected chi connectivity index (χ4v) is 1.89. The average molecular weight is 265 g/mol. The molecule has 106 valence electrons. The first-order chi connectivity index (χ1) is 8.99. The third kappa shape index (κ3) is 4.16. The lowest BCUT2D eigenvalue weighted by Crippen LogP contribution is -2.23. The molecule has 19 heavy (non-hydrogen) atoms. The van der Waals surface area contributed by atoms with Crippen LogP contribution in [0.25, 0.3) is 0 Å². The zero-order valence-corrected chi connectivity index (χ0v) is 12.1. The van der Waals surface area contributed by atoms with Crippen molar-refractivity contribution in [1.82, 2.24) is 0 Å². The van der Waals surface area contributed by atoms with Gasteiger partial charge in [0.25, 0.3) is 0 Å². The predicted octanol–water partition coefficient (Wildman–Crippen LogP) is 2.80. The van der Waals surface area contributed by atoms with Crippen molar-refractivity contribution < 1.29 is 14.6 Å². The first-order valence-electron chi connectivity index (χ1n) is 6.60. The highest BCUT2D eigenvalue weighted by Crippen LogP contribution is 2.29. The number of carboxylic acids is 1. The van der Waals surface area contributed by atoms with E-state index in [9.17, 15) is 4.79 Å². The maximum absolute atomic E-state index is 10.8. The molecule has 0 saturated heterocycles. The summed E-state index contributed by atoms with van der Waals surface area (Å²) >= 11 is 0. The highest BCUT2D eigenvalue weighted by Gasteiger charge is 2.14. The van der Waals surface area contributed by atoms with Crippen LogP contribution in [0.4, 0.5) is 5.69 Å². The highest BCUT2D eigenvalue weighted by atomic mass is 16.5. The summed E-state index contributed by atoms with van der Waals surface area (Å²) in [6.07, 6.45) is 1.59. The van der Waals surface area contributed by atoms with Crippen molar-refractivity contribution in [1.29, 1.82) is 0 Å². The van der Waals surface area contributed by atoms with Gasteiger partial charge in [0.05, 0.1) is 18.7 Å². The minimum atomic E-state index is -0.748. The van der Waals surface area contributed by atoms with Crippen molar-refractivity contribution in [2.45, 2.75) is 26.7 Å². The van der Waals surface area contributed by atoms with Gasteiger partial charge in [-0.05, 0) is 30.5 Å². The van der Waals surface area contributed by atoms with Gasteiger partial charge in [-0.25, -0.2) is 0 Å². The number of nitrogens with zero attached hydrogens (tertiary/aromatic N) is 1. The molecule has 0 aliphatic heterocycles. The number of carbonyl (C=O) groups is 1. The second-order valence-corrected chi connectivity index (χ2v) is 4.81. The Bertz CT molecular complexity index is 431. The SMILES string of the molecule is CCc1ccc(OC)c(N(C)CCC(C)C(=O)O)c1. The molecule has 1 atom stereocenters. The van der Waals surface area contributed by atoms with Gasteiger partial charge in [0.15, 0.2) is 0 Å². The number of aliphatic carboxylic acids is 1. The van der Waals surface area contributed by atoms with E-state index in [0.717, 1.165) is 17.9 Å². The molecule has 0 amide bonds. The van der Waals surface area contributed by atoms with Crippen molar-refractivity contribution in [3.05, 3.63) is 23.8 Å². The van der Waals surface area contributed by atoms with Crippen LogP contribution in [0.2, 0.25) is 0 Å². The monoisotopic (exact) mass is 265 g/mol. The number of anilines is 1. The molecule has 0 saturated carbocycles. The summed E-state index contributed by atoms with van der Waals surface area (Å²) in [6, 6.07) is 6.12. The molecule has 1 rings (SSSR count). The minimum Gasteiger partial charge on any atom is -0.495 e. The van der Waals surface area contributed by atoms with E-state index in [2.05, 4.69) is 24.0 Å². The van der Waals surface area contributed by atoms with Crippen LogP contribution in [-0.2, 0) is 11.2 Å². The summed E-state index contributed by atoms with van der Waals surface area (Å²) in [6.45, 7) is 4.53. The molecule has 1 aromatic carbocycles. The standard InChI is InChI=1S/C15H23NO3/c1-5-12-6-7-14(19-4)13(10-12)16(3)9-8-11(2)15(17)18/h6-7,10-11H,5,8-9H2,1-4H3,(H,17,18). The van der Waals surface area contributed by atoms with Gasteiger partial charge in [-0.3, -0.25) is 4.79 Å². The van der Waals surface area contributed by atoms with E-state index in [1.54, 1.807) is 14.0 Å². The molecule has 1 N–H and O–H groups in total. The third-order valence-corrected chi connectivity index (χ3v) is 3.38. The number of hydrogen-bond donors (Lipinski definition) is 1. The third-order valence-electron chi connectivity index (χ3n) is 3.38. The highest BCUT2D eigenvalue weighted by molar-refractivity contribution is 5.69. The molecule has 1 aromatic rings. The second-order valence-electron chi connectivity index (χ2n) is 4.81. The van der Waals surface area contributed by atoms with Gasteiger partial charge in [-0.2, -0.15) is 0 Å². The first kappa shape index (κ1) is 15.3. The maximum atomic E-state index is 10.8. The molecule has 0 radical (unpaired) electrons. The van der Waals surface area contributed by atoms with Crippen LogP contribution in [0.3, 0.4) is 0 Å². The number of carboxylic acid groups (broad SMARTS) is 1. The maximum Gasteiger partial charge on any atom is 0.306 e. The minimum absolute atomic E-state index is 0.331. The number of methoxy groups -OCH3 is 1. The Morgan fingerprint density at radius 2 is 2.16 bits per heavy atom. The number of rotatable bonds is 7. The van der Waals surface area contributed by atoms with Crippen molar-refractivity contribution in [3.8, 4) is 5.75 Å². The van der Waals surface area contributed by atoms with Gasteiger partial charge < -0.3 is 14.7 Å². The average Bonchev–Trinajstić information content (AvgIpc) is 2.43. The fourth-order valence-electron chi connectivity index (χ4n) is 1.89. The van der Waals surface area contributed by atoms with E-state index in [1.165, 1.54) is 5.56 Å². The summed E-state index contributed by atoms with van der Waals surface area (Å²) < 4.78 is 5.36. The molecule has 4 nitrogen and oxygen atoms in total. The Morgan fingerprint density at radius 1 is 1.47 bits per heavy atom. The van der Waals surface area contributed by atoms with E-state index in [-0.39, 0.29) is 5.92 Å². The van der Waals surface area contributed by atoms with Crippen LogP contribution in [0.15, 0.2) is 18.2 Å². The van der Waals surface area contributed by atoms with Crippen LogP contribution < -0.4 is 9.64 Å². The van der Waals surface area contributed by atoms with Crippen LogP contribution in [0.5, 0.6) is 5.75 Å². The van der Waals surface area contributed by atoms with Gasteiger partial charge in [-0.1, -0.05) is 19.9 Å². The summed E-state index contributed by atoms with van der Waals surface area (Å²) in [7, 11) is 3.62. The number of hydrogen-bond acceptors (Lipinski definition) is 3. The lowest BCUT2D eigenvalue weighted by atomic mass is 10.1. The van der Waals surface area contributed by atoms with Crippen LogP contribution in [0.1, 0.15) is 25.8 Å². The van der Waals surface area contributed by atoms with Crippen molar-refractivity contribution in [2.75, 3.05) is 25.6 Å². The summed E-state index contributed by atoms with van der Waals surface area (Å²) in [4.78, 5) is 12.9. The van der Waals surface area contributed by atoms with Crippen LogP contribution >= 0.6 is 0 Å². The van der Waals surface area contributed by atoms with Gasteiger partial charge in [0, 0.05) is 13.6 Å². The molecule has 0 aliphatic rings. The molecular weight excluding hydrogens is 242 g/mol. The first-order valence-corrected chi connectivity index (χ1v) is 6.60. The smallest absolute Gasteiger partial charge is 0.306 e. The molecule has 1 unspecified atom stereocenters. The molecule has 0 fully saturated rings. The van der Waals surface area contributed by atoms with E-state index >= 15 is 0 Å². The largest absolute Gasteiger partial charge is 0.495 e. The molecule has 4 heteroatoms. The van der Waals surface area contributed by atoms with Gasteiger partial charge in [0.2, 0.25) is 0 Å². The van der Waals surface area contributed by atoms with E-state index in [4.69, 9.17) is 9.84 Å². The zero-order chi connectivity index (χ0) is 14.4. The summed E-state index contributed by atoms with van der Waals surface area (Å²) in [5.41, 5.74) is 2.26. The molecule has 0 heterocycles. The van der Waals surface area contributed by atoms with Crippen molar-refractivity contribution >= 4 is 11.7 Å². The predicted molar refractivity (Wildman–Crippen MR) is 77.1 cm³/mol. The van der Waals surface area contributed by atoms with Crippen LogP contribution in [-0.4, -0.2) is 31.8 Å². The fraction of sp³-hybridized carbons (Fsp3) is 0.533. The topological polar surface area (TPSA) is 49.8 Å². The van der Waals surface area contributed by atoms with E-state index in [1.807, 2.05) is 13.1 Å². The lowest BCUT2D eigenvalue weighted by molar-refractivity contribution is -0.141. The molecule has 0 aliphatic carbocycles.